The first kappa shape index (κ1) is 19.2. The highest BCUT2D eigenvalue weighted by atomic mass is 32.2. The number of nitrogens with two attached hydrogens (primary N) is 1. The lowest BCUT2D eigenvalue weighted by Crippen LogP contribution is -2.35. The number of aliphatic hydroxyl groups excluding tert-OH is 1. The van der Waals surface area contributed by atoms with Crippen LogP contribution in [-0.2, 0) is 5.75 Å². The van der Waals surface area contributed by atoms with Crippen molar-refractivity contribution in [1.29, 1.82) is 0 Å². The third kappa shape index (κ3) is 5.73. The van der Waals surface area contributed by atoms with Gasteiger partial charge in [-0.2, -0.15) is 4.37 Å². The number of aliphatic hydroxyl groups is 1. The van der Waals surface area contributed by atoms with E-state index in [9.17, 15) is 14.7 Å². The normalized spacial score (nSPS) is 11.8. The van der Waals surface area contributed by atoms with Crippen LogP contribution in [0, 0.1) is 0 Å². The summed E-state index contributed by atoms with van der Waals surface area (Å²) in [5, 5.41) is 15.4. The number of urea groups is 1. The molecule has 9 heteroatoms. The molecule has 1 aromatic carbocycles. The summed E-state index contributed by atoms with van der Waals surface area (Å²) in [7, 11) is 0. The molecule has 0 saturated carbocycles. The number of aromatic nitrogens is 1. The second-order valence-corrected chi connectivity index (χ2v) is 6.96. The molecule has 1 aromatic heterocycles. The Hall–Kier alpha value is -2.10. The second-order valence-electron chi connectivity index (χ2n) is 5.23. The smallest absolute Gasteiger partial charge is 0.319 e. The summed E-state index contributed by atoms with van der Waals surface area (Å²) in [6.07, 6.45) is -0.0759. The van der Waals surface area contributed by atoms with Crippen molar-refractivity contribution in [1.82, 2.24) is 9.69 Å². The number of carbonyl (C=O) groups excluding carboxylic acids is 2. The van der Waals surface area contributed by atoms with Crippen molar-refractivity contribution in [3.05, 3.63) is 41.5 Å². The maximum absolute atomic E-state index is 11.9. The van der Waals surface area contributed by atoms with Crippen LogP contribution in [0.2, 0.25) is 0 Å². The van der Waals surface area contributed by atoms with Gasteiger partial charge in [0.2, 0.25) is 0 Å². The van der Waals surface area contributed by atoms with E-state index in [0.29, 0.717) is 22.2 Å². The van der Waals surface area contributed by atoms with Crippen LogP contribution in [0.25, 0.3) is 0 Å². The summed E-state index contributed by atoms with van der Waals surface area (Å²) in [4.78, 5) is 23.7. The van der Waals surface area contributed by atoms with E-state index in [1.807, 2.05) is 37.3 Å². The van der Waals surface area contributed by atoms with E-state index in [1.165, 1.54) is 11.8 Å². The highest BCUT2D eigenvalue weighted by Crippen LogP contribution is 2.33. The Balaban J connectivity index is 2.03. The summed E-state index contributed by atoms with van der Waals surface area (Å²) in [5.74, 6) is -0.00710. The van der Waals surface area contributed by atoms with Gasteiger partial charge in [-0.3, -0.25) is 10.1 Å². The summed E-state index contributed by atoms with van der Waals surface area (Å²) >= 11 is 2.39. The standard InChI is InChI=1S/C16H20N4O3S2/c1-2-11(21)8-18-16(23)19-14-12(13(17)22)15(20-25-14)24-9-10-6-4-3-5-7-10/h3-7,11,21H,2,8-9H2,1H3,(H2,17,22)(H2,18,19,23). The topological polar surface area (TPSA) is 117 Å². The SMILES string of the molecule is CCC(O)CNC(=O)Nc1snc(SCc2ccccc2)c1C(N)=O. The highest BCUT2D eigenvalue weighted by molar-refractivity contribution is 7.98. The molecule has 3 amide bonds. The van der Waals surface area contributed by atoms with Crippen LogP contribution in [-0.4, -0.2) is 34.1 Å². The maximum Gasteiger partial charge on any atom is 0.319 e. The first-order chi connectivity index (χ1) is 12.0. The van der Waals surface area contributed by atoms with Crippen LogP contribution in [0.5, 0.6) is 0 Å². The minimum atomic E-state index is -0.645. The number of thioether (sulfide) groups is 1. The number of rotatable bonds is 8. The lowest BCUT2D eigenvalue weighted by Gasteiger charge is -2.10. The molecular formula is C16H20N4O3S2. The monoisotopic (exact) mass is 380 g/mol. The Morgan fingerprint density at radius 1 is 1.36 bits per heavy atom. The Morgan fingerprint density at radius 2 is 2.08 bits per heavy atom. The number of hydrogen-bond donors (Lipinski definition) is 4. The molecule has 25 heavy (non-hydrogen) atoms. The minimum Gasteiger partial charge on any atom is -0.391 e. The largest absolute Gasteiger partial charge is 0.391 e. The number of amides is 3. The van der Waals surface area contributed by atoms with E-state index < -0.39 is 18.0 Å². The molecule has 0 radical (unpaired) electrons. The van der Waals surface area contributed by atoms with Gasteiger partial charge >= 0.3 is 6.03 Å². The lowest BCUT2D eigenvalue weighted by atomic mass is 10.2. The van der Waals surface area contributed by atoms with E-state index in [1.54, 1.807) is 0 Å². The fourth-order valence-electron chi connectivity index (χ4n) is 1.90. The van der Waals surface area contributed by atoms with Crippen molar-refractivity contribution in [3.8, 4) is 0 Å². The molecule has 0 saturated heterocycles. The van der Waals surface area contributed by atoms with Crippen molar-refractivity contribution < 1.29 is 14.7 Å². The molecule has 1 unspecified atom stereocenters. The second kappa shape index (κ2) is 9.40. The zero-order valence-electron chi connectivity index (χ0n) is 13.7. The molecule has 0 bridgehead atoms. The minimum absolute atomic E-state index is 0.128. The first-order valence-corrected chi connectivity index (χ1v) is 9.46. The van der Waals surface area contributed by atoms with Gasteiger partial charge in [-0.1, -0.05) is 49.0 Å². The van der Waals surface area contributed by atoms with Gasteiger partial charge in [0, 0.05) is 12.3 Å². The number of benzene rings is 1. The maximum atomic E-state index is 11.9. The quantitative estimate of drug-likeness (QED) is 0.525. The molecule has 1 heterocycles. The average Bonchev–Trinajstić information content (AvgIpc) is 3.01. The number of hydrogen-bond acceptors (Lipinski definition) is 6. The molecule has 2 rings (SSSR count). The summed E-state index contributed by atoms with van der Waals surface area (Å²) < 4.78 is 4.23. The van der Waals surface area contributed by atoms with Gasteiger partial charge in [-0.25, -0.2) is 4.79 Å². The van der Waals surface area contributed by atoms with Gasteiger partial charge in [0.25, 0.3) is 5.91 Å². The molecule has 7 nitrogen and oxygen atoms in total. The van der Waals surface area contributed by atoms with Gasteiger partial charge in [0.05, 0.1) is 6.10 Å². The van der Waals surface area contributed by atoms with Crippen LogP contribution in [0.3, 0.4) is 0 Å². The first-order valence-electron chi connectivity index (χ1n) is 7.70. The fourth-order valence-corrected chi connectivity index (χ4v) is 3.83. The zero-order valence-corrected chi connectivity index (χ0v) is 15.3. The van der Waals surface area contributed by atoms with Crippen molar-refractivity contribution in [2.75, 3.05) is 11.9 Å². The van der Waals surface area contributed by atoms with Gasteiger partial charge in [-0.05, 0) is 23.5 Å². The van der Waals surface area contributed by atoms with E-state index >= 15 is 0 Å². The van der Waals surface area contributed by atoms with Gasteiger partial charge < -0.3 is 16.2 Å². The molecule has 0 aliphatic heterocycles. The van der Waals surface area contributed by atoms with Crippen molar-refractivity contribution in [2.24, 2.45) is 5.73 Å². The van der Waals surface area contributed by atoms with Gasteiger partial charge in [-0.15, -0.1) is 0 Å². The molecule has 0 aliphatic rings. The van der Waals surface area contributed by atoms with Crippen molar-refractivity contribution in [2.45, 2.75) is 30.2 Å². The summed E-state index contributed by atoms with van der Waals surface area (Å²) in [6.45, 7) is 1.94. The predicted octanol–water partition coefficient (Wildman–Crippen LogP) is 2.43. The average molecular weight is 380 g/mol. The van der Waals surface area contributed by atoms with E-state index in [2.05, 4.69) is 15.0 Å². The van der Waals surface area contributed by atoms with Crippen molar-refractivity contribution >= 4 is 40.2 Å². The molecule has 5 N–H and O–H groups in total. The Bertz CT molecular complexity index is 721. The van der Waals surface area contributed by atoms with E-state index in [-0.39, 0.29) is 12.1 Å². The fraction of sp³-hybridized carbons (Fsp3) is 0.312. The van der Waals surface area contributed by atoms with Crippen molar-refractivity contribution in [3.63, 3.8) is 0 Å². The van der Waals surface area contributed by atoms with Crippen LogP contribution in [0.4, 0.5) is 9.80 Å². The zero-order chi connectivity index (χ0) is 18.2. The number of carbonyl (C=O) groups is 2. The molecule has 1 atom stereocenters. The van der Waals surface area contributed by atoms with E-state index in [0.717, 1.165) is 17.1 Å². The summed E-state index contributed by atoms with van der Waals surface area (Å²) in [5.41, 5.74) is 6.75. The van der Waals surface area contributed by atoms with Crippen LogP contribution in [0.15, 0.2) is 35.4 Å². The highest BCUT2D eigenvalue weighted by Gasteiger charge is 2.21. The molecule has 2 aromatic rings. The number of anilines is 1. The third-order valence-corrected chi connectivity index (χ3v) is 5.25. The molecule has 134 valence electrons. The number of primary amides is 1. The van der Waals surface area contributed by atoms with Crippen LogP contribution < -0.4 is 16.4 Å². The lowest BCUT2D eigenvalue weighted by molar-refractivity contribution is 0.0998. The predicted molar refractivity (Wildman–Crippen MR) is 100.0 cm³/mol. The van der Waals surface area contributed by atoms with Crippen LogP contribution in [0.1, 0.15) is 29.3 Å². The third-order valence-electron chi connectivity index (χ3n) is 3.32. The van der Waals surface area contributed by atoms with Crippen LogP contribution >= 0.6 is 23.3 Å². The number of nitrogens with one attached hydrogen (secondary N) is 2. The Labute approximate surface area is 154 Å². The molecule has 0 fully saturated rings. The van der Waals surface area contributed by atoms with Gasteiger partial charge in [0.1, 0.15) is 15.6 Å². The Morgan fingerprint density at radius 3 is 2.72 bits per heavy atom. The number of nitrogens with zero attached hydrogens (tertiary/aromatic N) is 1. The molecular weight excluding hydrogens is 360 g/mol. The molecule has 0 aliphatic carbocycles. The van der Waals surface area contributed by atoms with Gasteiger partial charge in [0.15, 0.2) is 0 Å². The Kier molecular flexibility index (Phi) is 7.23. The summed E-state index contributed by atoms with van der Waals surface area (Å²) in [6, 6.07) is 9.26. The van der Waals surface area contributed by atoms with E-state index in [4.69, 9.17) is 5.73 Å². The molecule has 0 spiro atoms.